The van der Waals surface area contributed by atoms with Gasteiger partial charge >= 0.3 is 0 Å². The summed E-state index contributed by atoms with van der Waals surface area (Å²) in [7, 11) is 0. The maximum Gasteiger partial charge on any atom is 0.120 e. The van der Waals surface area contributed by atoms with Gasteiger partial charge < -0.3 is 10.2 Å². The van der Waals surface area contributed by atoms with Gasteiger partial charge in [-0.15, -0.1) is 0 Å². The first-order valence-electron chi connectivity index (χ1n) is 12.4. The SMILES string of the molecule is CC/C(=C(\CC)c1ccc(CN2CCCC2)c(O)c1)c1ccc(CN2CCCC2)c(O)c1. The summed E-state index contributed by atoms with van der Waals surface area (Å²) in [5, 5.41) is 21.5. The summed E-state index contributed by atoms with van der Waals surface area (Å²) in [6.45, 7) is 10.5. The maximum atomic E-state index is 10.7. The van der Waals surface area contributed by atoms with E-state index in [9.17, 15) is 10.2 Å². The van der Waals surface area contributed by atoms with Crippen LogP contribution in [0.3, 0.4) is 0 Å². The standard InChI is InChI=1S/C28H38N2O2/c1-3-25(21-9-11-23(27(31)17-21)19-29-13-5-6-14-29)26(4-2)22-10-12-24(28(32)18-22)20-30-15-7-8-16-30/h9-12,17-18,31-32H,3-8,13-16,19-20H2,1-2H3/b26-25-. The van der Waals surface area contributed by atoms with Crippen molar-refractivity contribution in [2.24, 2.45) is 0 Å². The molecule has 2 saturated heterocycles. The van der Waals surface area contributed by atoms with Crippen LogP contribution in [0, 0.1) is 0 Å². The van der Waals surface area contributed by atoms with Crippen molar-refractivity contribution in [1.29, 1.82) is 0 Å². The topological polar surface area (TPSA) is 46.9 Å². The minimum absolute atomic E-state index is 0.389. The molecule has 0 aromatic heterocycles. The molecule has 2 aliphatic heterocycles. The minimum Gasteiger partial charge on any atom is -0.508 e. The lowest BCUT2D eigenvalue weighted by atomic mass is 9.90. The first-order chi connectivity index (χ1) is 15.6. The Morgan fingerprint density at radius 2 is 1.03 bits per heavy atom. The van der Waals surface area contributed by atoms with Gasteiger partial charge in [0.15, 0.2) is 0 Å². The second-order valence-corrected chi connectivity index (χ2v) is 9.32. The fraction of sp³-hybridized carbons (Fsp3) is 0.500. The molecule has 4 nitrogen and oxygen atoms in total. The Morgan fingerprint density at radius 3 is 1.34 bits per heavy atom. The van der Waals surface area contributed by atoms with Crippen molar-refractivity contribution < 1.29 is 10.2 Å². The van der Waals surface area contributed by atoms with Gasteiger partial charge in [-0.1, -0.05) is 38.1 Å². The third kappa shape index (κ3) is 5.19. The van der Waals surface area contributed by atoms with E-state index in [0.717, 1.165) is 74.4 Å². The van der Waals surface area contributed by atoms with Gasteiger partial charge in [0.2, 0.25) is 0 Å². The summed E-state index contributed by atoms with van der Waals surface area (Å²) in [5.41, 5.74) is 6.64. The minimum atomic E-state index is 0.389. The molecule has 0 aliphatic carbocycles. The van der Waals surface area contributed by atoms with Gasteiger partial charge in [-0.2, -0.15) is 0 Å². The van der Waals surface area contributed by atoms with Crippen molar-refractivity contribution >= 4 is 11.1 Å². The Hall–Kier alpha value is -2.30. The molecule has 0 bridgehead atoms. The van der Waals surface area contributed by atoms with Crippen LogP contribution >= 0.6 is 0 Å². The highest BCUT2D eigenvalue weighted by atomic mass is 16.3. The molecule has 2 aliphatic rings. The third-order valence-corrected chi connectivity index (χ3v) is 7.12. The number of aromatic hydroxyl groups is 2. The van der Waals surface area contributed by atoms with Crippen LogP contribution in [0.25, 0.3) is 11.1 Å². The molecule has 2 fully saturated rings. The van der Waals surface area contributed by atoms with Gasteiger partial charge in [0.25, 0.3) is 0 Å². The van der Waals surface area contributed by atoms with Crippen molar-refractivity contribution in [2.45, 2.75) is 65.5 Å². The summed E-state index contributed by atoms with van der Waals surface area (Å²) in [6, 6.07) is 12.3. The molecule has 0 spiro atoms. The number of nitrogens with zero attached hydrogens (tertiary/aromatic N) is 2. The van der Waals surface area contributed by atoms with Crippen molar-refractivity contribution in [3.8, 4) is 11.5 Å². The molecule has 2 aromatic carbocycles. The normalized spacial score (nSPS) is 18.3. The molecule has 32 heavy (non-hydrogen) atoms. The van der Waals surface area contributed by atoms with Gasteiger partial charge in [0, 0.05) is 24.2 Å². The fourth-order valence-corrected chi connectivity index (χ4v) is 5.32. The number of rotatable bonds is 8. The highest BCUT2D eigenvalue weighted by molar-refractivity contribution is 5.91. The Balaban J connectivity index is 1.59. The fourth-order valence-electron chi connectivity index (χ4n) is 5.32. The Morgan fingerprint density at radius 1 is 0.656 bits per heavy atom. The number of benzene rings is 2. The number of likely N-dealkylation sites (tertiary alicyclic amines) is 2. The van der Waals surface area contributed by atoms with E-state index in [1.807, 2.05) is 12.1 Å². The van der Waals surface area contributed by atoms with Crippen molar-refractivity contribution in [3.05, 3.63) is 58.7 Å². The van der Waals surface area contributed by atoms with Gasteiger partial charge in [-0.3, -0.25) is 9.80 Å². The Bertz CT molecular complexity index is 876. The molecule has 172 valence electrons. The van der Waals surface area contributed by atoms with Crippen molar-refractivity contribution in [1.82, 2.24) is 9.80 Å². The molecule has 0 unspecified atom stereocenters. The van der Waals surface area contributed by atoms with E-state index in [0.29, 0.717) is 11.5 Å². The maximum absolute atomic E-state index is 10.7. The summed E-state index contributed by atoms with van der Waals surface area (Å²) in [4.78, 5) is 4.82. The van der Waals surface area contributed by atoms with Gasteiger partial charge in [-0.05, 0) is 99.1 Å². The predicted molar refractivity (Wildman–Crippen MR) is 133 cm³/mol. The van der Waals surface area contributed by atoms with Crippen LogP contribution in [-0.2, 0) is 13.1 Å². The van der Waals surface area contributed by atoms with E-state index in [1.54, 1.807) is 0 Å². The third-order valence-electron chi connectivity index (χ3n) is 7.12. The van der Waals surface area contributed by atoms with E-state index in [-0.39, 0.29) is 0 Å². The average molecular weight is 435 g/mol. The van der Waals surface area contributed by atoms with Gasteiger partial charge in [0.1, 0.15) is 11.5 Å². The zero-order chi connectivity index (χ0) is 22.5. The highest BCUT2D eigenvalue weighted by Crippen LogP contribution is 2.36. The lowest BCUT2D eigenvalue weighted by molar-refractivity contribution is 0.324. The summed E-state index contributed by atoms with van der Waals surface area (Å²) in [6.07, 6.45) is 6.78. The van der Waals surface area contributed by atoms with Gasteiger partial charge in [0.05, 0.1) is 0 Å². The molecule has 2 aromatic rings. The first kappa shape index (κ1) is 22.9. The molecule has 4 heteroatoms. The molecule has 0 amide bonds. The number of phenolic OH excluding ortho intramolecular Hbond substituents is 2. The highest BCUT2D eigenvalue weighted by Gasteiger charge is 2.17. The van der Waals surface area contributed by atoms with Crippen molar-refractivity contribution in [3.63, 3.8) is 0 Å². The number of allylic oxidation sites excluding steroid dienone is 2. The van der Waals surface area contributed by atoms with Crippen LogP contribution in [0.1, 0.15) is 74.6 Å². The van der Waals surface area contributed by atoms with E-state index in [4.69, 9.17) is 0 Å². The molecule has 2 heterocycles. The molecule has 0 saturated carbocycles. The van der Waals surface area contributed by atoms with Crippen LogP contribution in [0.5, 0.6) is 11.5 Å². The Labute approximate surface area is 193 Å². The second-order valence-electron chi connectivity index (χ2n) is 9.32. The first-order valence-corrected chi connectivity index (χ1v) is 12.4. The van der Waals surface area contributed by atoms with E-state index >= 15 is 0 Å². The van der Waals surface area contributed by atoms with Crippen LogP contribution < -0.4 is 0 Å². The van der Waals surface area contributed by atoms with E-state index in [1.165, 1.54) is 36.8 Å². The second kappa shape index (κ2) is 10.5. The van der Waals surface area contributed by atoms with Crippen molar-refractivity contribution in [2.75, 3.05) is 26.2 Å². The largest absolute Gasteiger partial charge is 0.508 e. The smallest absolute Gasteiger partial charge is 0.120 e. The average Bonchev–Trinajstić information content (AvgIpc) is 3.49. The van der Waals surface area contributed by atoms with Crippen LogP contribution in [0.15, 0.2) is 36.4 Å². The van der Waals surface area contributed by atoms with Crippen LogP contribution in [0.4, 0.5) is 0 Å². The molecule has 0 radical (unpaired) electrons. The lowest BCUT2D eigenvalue weighted by Gasteiger charge is -2.19. The van der Waals surface area contributed by atoms with E-state index in [2.05, 4.69) is 47.9 Å². The number of phenols is 2. The predicted octanol–water partition coefficient (Wildman–Crippen LogP) is 6.02. The summed E-state index contributed by atoms with van der Waals surface area (Å²) >= 11 is 0. The zero-order valence-corrected chi connectivity index (χ0v) is 19.7. The zero-order valence-electron chi connectivity index (χ0n) is 19.7. The Kier molecular flexibility index (Phi) is 7.54. The van der Waals surface area contributed by atoms with E-state index < -0.39 is 0 Å². The molecule has 0 atom stereocenters. The summed E-state index contributed by atoms with van der Waals surface area (Å²) < 4.78 is 0. The molecule has 2 N–H and O–H groups in total. The quantitative estimate of drug-likeness (QED) is 0.499. The van der Waals surface area contributed by atoms with Crippen LogP contribution in [-0.4, -0.2) is 46.2 Å². The monoisotopic (exact) mass is 434 g/mol. The number of hydrogen-bond donors (Lipinski definition) is 2. The molecular weight excluding hydrogens is 396 g/mol. The lowest BCUT2D eigenvalue weighted by Crippen LogP contribution is -2.18. The number of hydrogen-bond acceptors (Lipinski definition) is 4. The van der Waals surface area contributed by atoms with Gasteiger partial charge in [-0.25, -0.2) is 0 Å². The summed E-state index contributed by atoms with van der Waals surface area (Å²) in [5.74, 6) is 0.777. The molecule has 4 rings (SSSR count). The van der Waals surface area contributed by atoms with Crippen LogP contribution in [0.2, 0.25) is 0 Å². The molecular formula is C28H38N2O2.